The third-order valence-corrected chi connectivity index (χ3v) is 3.31. The summed E-state index contributed by atoms with van der Waals surface area (Å²) in [5.41, 5.74) is 3.56. The van der Waals surface area contributed by atoms with E-state index in [0.29, 0.717) is 17.7 Å². The molecule has 0 saturated carbocycles. The van der Waals surface area contributed by atoms with Crippen molar-refractivity contribution in [2.45, 2.75) is 39.5 Å². The van der Waals surface area contributed by atoms with Crippen molar-refractivity contribution in [3.05, 3.63) is 35.7 Å². The second kappa shape index (κ2) is 5.47. The van der Waals surface area contributed by atoms with Crippen LogP contribution in [0.1, 0.15) is 50.7 Å². The van der Waals surface area contributed by atoms with Gasteiger partial charge >= 0.3 is 0 Å². The quantitative estimate of drug-likeness (QED) is 0.805. The number of hydrogen-bond donors (Lipinski definition) is 0. The molecule has 1 heterocycles. The first-order chi connectivity index (χ1) is 9.04. The van der Waals surface area contributed by atoms with Gasteiger partial charge in [0.2, 0.25) is 5.89 Å². The molecule has 1 aromatic heterocycles. The highest BCUT2D eigenvalue weighted by Crippen LogP contribution is 2.37. The number of oxazole rings is 1. The van der Waals surface area contributed by atoms with Crippen molar-refractivity contribution in [2.24, 2.45) is 0 Å². The second-order valence-corrected chi connectivity index (χ2v) is 5.33. The fourth-order valence-electron chi connectivity index (χ4n) is 2.30. The highest BCUT2D eigenvalue weighted by molar-refractivity contribution is 5.66. The monoisotopic (exact) mass is 259 g/mol. The fourth-order valence-corrected chi connectivity index (χ4v) is 2.30. The molecule has 0 bridgehead atoms. The van der Waals surface area contributed by atoms with E-state index in [1.165, 1.54) is 11.1 Å². The molecule has 0 spiro atoms. The van der Waals surface area contributed by atoms with Crippen molar-refractivity contribution < 1.29 is 9.15 Å². The molecule has 3 heteroatoms. The zero-order chi connectivity index (χ0) is 14.0. The van der Waals surface area contributed by atoms with E-state index >= 15 is 0 Å². The van der Waals surface area contributed by atoms with Crippen molar-refractivity contribution in [3.8, 4) is 17.2 Å². The number of nitrogens with zero attached hydrogens (tertiary/aromatic N) is 1. The van der Waals surface area contributed by atoms with Gasteiger partial charge in [0, 0.05) is 0 Å². The summed E-state index contributed by atoms with van der Waals surface area (Å²) < 4.78 is 10.9. The van der Waals surface area contributed by atoms with Crippen LogP contribution < -0.4 is 4.74 Å². The zero-order valence-corrected chi connectivity index (χ0v) is 12.2. The number of rotatable bonds is 4. The summed E-state index contributed by atoms with van der Waals surface area (Å²) in [4.78, 5) is 4.22. The van der Waals surface area contributed by atoms with E-state index in [9.17, 15) is 0 Å². The summed E-state index contributed by atoms with van der Waals surface area (Å²) in [7, 11) is 1.68. The van der Waals surface area contributed by atoms with Gasteiger partial charge in [0.15, 0.2) is 0 Å². The Labute approximate surface area is 114 Å². The molecule has 2 aromatic rings. The molecule has 0 saturated heterocycles. The van der Waals surface area contributed by atoms with E-state index < -0.39 is 0 Å². The molecule has 0 radical (unpaired) electrons. The molecular formula is C16H21NO2. The average molecular weight is 259 g/mol. The Morgan fingerprint density at radius 1 is 1.05 bits per heavy atom. The van der Waals surface area contributed by atoms with Crippen LogP contribution in [-0.2, 0) is 0 Å². The van der Waals surface area contributed by atoms with Crippen LogP contribution >= 0.6 is 0 Å². The first kappa shape index (κ1) is 13.7. The smallest absolute Gasteiger partial charge is 0.229 e. The van der Waals surface area contributed by atoms with Gasteiger partial charge in [-0.2, -0.15) is 0 Å². The SMILES string of the molecule is COc1cc(C(C)C)c(C(C)C)cc1-c1ncco1. The number of methoxy groups -OCH3 is 1. The molecule has 0 aliphatic heterocycles. The van der Waals surface area contributed by atoms with Crippen molar-refractivity contribution in [1.82, 2.24) is 4.98 Å². The summed E-state index contributed by atoms with van der Waals surface area (Å²) in [6.45, 7) is 8.80. The lowest BCUT2D eigenvalue weighted by Crippen LogP contribution is -2.01. The van der Waals surface area contributed by atoms with Gasteiger partial charge in [-0.1, -0.05) is 27.7 Å². The van der Waals surface area contributed by atoms with Gasteiger partial charge in [-0.3, -0.25) is 0 Å². The minimum absolute atomic E-state index is 0.456. The molecule has 19 heavy (non-hydrogen) atoms. The first-order valence-electron chi connectivity index (χ1n) is 6.66. The first-order valence-corrected chi connectivity index (χ1v) is 6.66. The average Bonchev–Trinajstić information content (AvgIpc) is 2.90. The molecule has 0 amide bonds. The second-order valence-electron chi connectivity index (χ2n) is 5.33. The van der Waals surface area contributed by atoms with Gasteiger partial charge in [0.05, 0.1) is 18.9 Å². The van der Waals surface area contributed by atoms with Gasteiger partial charge in [0.25, 0.3) is 0 Å². The number of hydrogen-bond acceptors (Lipinski definition) is 3. The summed E-state index contributed by atoms with van der Waals surface area (Å²) in [5, 5.41) is 0. The maximum absolute atomic E-state index is 5.49. The molecule has 1 aromatic carbocycles. The normalized spacial score (nSPS) is 11.3. The molecule has 0 unspecified atom stereocenters. The lowest BCUT2D eigenvalue weighted by atomic mass is 9.88. The summed E-state index contributed by atoms with van der Waals surface area (Å²) in [6.07, 6.45) is 3.24. The molecule has 0 aliphatic carbocycles. The van der Waals surface area contributed by atoms with Crippen LogP contribution in [0.4, 0.5) is 0 Å². The van der Waals surface area contributed by atoms with Gasteiger partial charge in [-0.15, -0.1) is 0 Å². The van der Waals surface area contributed by atoms with Gasteiger partial charge < -0.3 is 9.15 Å². The topological polar surface area (TPSA) is 35.3 Å². The summed E-state index contributed by atoms with van der Waals surface area (Å²) in [5.74, 6) is 2.34. The lowest BCUT2D eigenvalue weighted by Gasteiger charge is -2.19. The highest BCUT2D eigenvalue weighted by atomic mass is 16.5. The van der Waals surface area contributed by atoms with Gasteiger partial charge in [-0.25, -0.2) is 4.98 Å². The van der Waals surface area contributed by atoms with Crippen LogP contribution in [0.2, 0.25) is 0 Å². The Balaban J connectivity index is 2.64. The Bertz CT molecular complexity index is 542. The molecule has 0 aliphatic rings. The largest absolute Gasteiger partial charge is 0.496 e. The Hall–Kier alpha value is -1.77. The lowest BCUT2D eigenvalue weighted by molar-refractivity contribution is 0.413. The van der Waals surface area contributed by atoms with Crippen LogP contribution in [0.25, 0.3) is 11.5 Å². The van der Waals surface area contributed by atoms with Crippen molar-refractivity contribution >= 4 is 0 Å². The maximum atomic E-state index is 5.49. The Kier molecular flexibility index (Phi) is 3.93. The van der Waals surface area contributed by atoms with Crippen LogP contribution in [0.15, 0.2) is 29.0 Å². The standard InChI is InChI=1S/C16H21NO2/c1-10(2)12-8-14(16-17-6-7-19-16)15(18-5)9-13(12)11(3)4/h6-11H,1-5H3. The molecule has 2 rings (SSSR count). The number of ether oxygens (including phenoxy) is 1. The predicted octanol–water partition coefficient (Wildman–Crippen LogP) is 4.60. The van der Waals surface area contributed by atoms with Gasteiger partial charge in [0.1, 0.15) is 12.0 Å². The van der Waals surface area contributed by atoms with Crippen LogP contribution in [-0.4, -0.2) is 12.1 Å². The third-order valence-electron chi connectivity index (χ3n) is 3.31. The minimum atomic E-state index is 0.456. The van der Waals surface area contributed by atoms with Crippen LogP contribution in [0.3, 0.4) is 0 Å². The molecular weight excluding hydrogens is 238 g/mol. The number of benzene rings is 1. The van der Waals surface area contributed by atoms with E-state index in [2.05, 4.69) is 44.8 Å². The zero-order valence-electron chi connectivity index (χ0n) is 12.2. The molecule has 3 nitrogen and oxygen atoms in total. The van der Waals surface area contributed by atoms with Gasteiger partial charge in [-0.05, 0) is 35.1 Å². The minimum Gasteiger partial charge on any atom is -0.496 e. The van der Waals surface area contributed by atoms with E-state index in [0.717, 1.165) is 11.3 Å². The molecule has 102 valence electrons. The van der Waals surface area contributed by atoms with E-state index in [1.54, 1.807) is 19.6 Å². The molecule has 0 atom stereocenters. The van der Waals surface area contributed by atoms with Crippen molar-refractivity contribution in [1.29, 1.82) is 0 Å². The van der Waals surface area contributed by atoms with Crippen molar-refractivity contribution in [2.75, 3.05) is 7.11 Å². The molecule has 0 N–H and O–H groups in total. The highest BCUT2D eigenvalue weighted by Gasteiger charge is 2.18. The van der Waals surface area contributed by atoms with Crippen LogP contribution in [0.5, 0.6) is 5.75 Å². The Morgan fingerprint density at radius 2 is 1.68 bits per heavy atom. The summed E-state index contributed by atoms with van der Waals surface area (Å²) in [6, 6.07) is 4.25. The third kappa shape index (κ3) is 2.65. The fraction of sp³-hybridized carbons (Fsp3) is 0.438. The van der Waals surface area contributed by atoms with E-state index in [1.807, 2.05) is 0 Å². The predicted molar refractivity (Wildman–Crippen MR) is 76.7 cm³/mol. The van der Waals surface area contributed by atoms with E-state index in [4.69, 9.17) is 9.15 Å². The summed E-state index contributed by atoms with van der Waals surface area (Å²) >= 11 is 0. The van der Waals surface area contributed by atoms with Crippen LogP contribution in [0, 0.1) is 0 Å². The number of aromatic nitrogens is 1. The maximum Gasteiger partial charge on any atom is 0.229 e. The molecule has 0 fully saturated rings. The van der Waals surface area contributed by atoms with E-state index in [-0.39, 0.29) is 0 Å². The van der Waals surface area contributed by atoms with Crippen molar-refractivity contribution in [3.63, 3.8) is 0 Å². The Morgan fingerprint density at radius 3 is 2.16 bits per heavy atom.